The quantitative estimate of drug-likeness (QED) is 0.891. The summed E-state index contributed by atoms with van der Waals surface area (Å²) in [7, 11) is 0. The lowest BCUT2D eigenvalue weighted by molar-refractivity contribution is -0.124. The highest BCUT2D eigenvalue weighted by Gasteiger charge is 2.32. The fraction of sp³-hybridized carbons (Fsp3) is 0.333. The van der Waals surface area contributed by atoms with Crippen molar-refractivity contribution in [3.05, 3.63) is 42.1 Å². The van der Waals surface area contributed by atoms with Crippen molar-refractivity contribution in [3.8, 4) is 0 Å². The Kier molecular flexibility index (Phi) is 4.55. The second-order valence-electron chi connectivity index (χ2n) is 6.12. The van der Waals surface area contributed by atoms with Crippen LogP contribution in [-0.4, -0.2) is 28.6 Å². The molecule has 6 heteroatoms. The SMILES string of the molecule is NC(=O)[C@@H](NC(=O)c1ccnc2ccccc12)[C@@H]1CCCC(=O)C1. The van der Waals surface area contributed by atoms with Crippen LogP contribution < -0.4 is 11.1 Å². The molecular formula is C18H19N3O3. The molecule has 1 aliphatic carbocycles. The Morgan fingerprint density at radius 3 is 2.79 bits per heavy atom. The number of ketones is 1. The van der Waals surface area contributed by atoms with Gasteiger partial charge in [0.1, 0.15) is 11.8 Å². The summed E-state index contributed by atoms with van der Waals surface area (Å²) in [5.74, 6) is -1.11. The van der Waals surface area contributed by atoms with Gasteiger partial charge in [-0.25, -0.2) is 0 Å². The highest BCUT2D eigenvalue weighted by Crippen LogP contribution is 2.25. The fourth-order valence-electron chi connectivity index (χ4n) is 3.28. The van der Waals surface area contributed by atoms with Crippen molar-refractivity contribution in [2.75, 3.05) is 0 Å². The Bertz CT molecular complexity index is 798. The molecule has 1 aromatic heterocycles. The lowest BCUT2D eigenvalue weighted by atomic mass is 9.82. The van der Waals surface area contributed by atoms with Gasteiger partial charge in [-0.3, -0.25) is 19.4 Å². The van der Waals surface area contributed by atoms with E-state index in [2.05, 4.69) is 10.3 Å². The molecule has 3 rings (SSSR count). The van der Waals surface area contributed by atoms with Crippen LogP contribution in [0.5, 0.6) is 0 Å². The van der Waals surface area contributed by atoms with E-state index in [1.54, 1.807) is 18.3 Å². The molecule has 2 atom stereocenters. The maximum atomic E-state index is 12.7. The summed E-state index contributed by atoms with van der Waals surface area (Å²) in [6, 6.07) is 8.07. The minimum absolute atomic E-state index is 0.112. The number of Topliss-reactive ketones (excluding diaryl/α,β-unsaturated/α-hetero) is 1. The molecule has 0 bridgehead atoms. The number of carbonyl (C=O) groups excluding carboxylic acids is 3. The molecule has 0 spiro atoms. The number of aromatic nitrogens is 1. The van der Waals surface area contributed by atoms with Gasteiger partial charge in [-0.05, 0) is 30.9 Å². The Morgan fingerprint density at radius 2 is 2.04 bits per heavy atom. The highest BCUT2D eigenvalue weighted by atomic mass is 16.2. The topological polar surface area (TPSA) is 102 Å². The minimum atomic E-state index is -0.839. The van der Waals surface area contributed by atoms with Crippen LogP contribution in [0.1, 0.15) is 36.0 Å². The number of nitrogens with zero attached hydrogens (tertiary/aromatic N) is 1. The third-order valence-corrected chi connectivity index (χ3v) is 4.48. The van der Waals surface area contributed by atoms with E-state index in [-0.39, 0.29) is 24.0 Å². The molecule has 3 N–H and O–H groups in total. The normalized spacial score (nSPS) is 19.0. The molecule has 1 saturated carbocycles. The van der Waals surface area contributed by atoms with Crippen molar-refractivity contribution >= 4 is 28.5 Å². The van der Waals surface area contributed by atoms with Gasteiger partial charge in [0.05, 0.1) is 11.1 Å². The smallest absolute Gasteiger partial charge is 0.252 e. The number of hydrogen-bond donors (Lipinski definition) is 2. The van der Waals surface area contributed by atoms with Crippen LogP contribution in [0.15, 0.2) is 36.5 Å². The molecule has 1 aromatic carbocycles. The van der Waals surface area contributed by atoms with Gasteiger partial charge in [0, 0.05) is 24.4 Å². The molecule has 1 fully saturated rings. The number of carbonyl (C=O) groups is 3. The zero-order chi connectivity index (χ0) is 17.1. The summed E-state index contributed by atoms with van der Waals surface area (Å²) >= 11 is 0. The van der Waals surface area contributed by atoms with Crippen LogP contribution in [0.3, 0.4) is 0 Å². The van der Waals surface area contributed by atoms with E-state index in [0.29, 0.717) is 29.3 Å². The fourth-order valence-corrected chi connectivity index (χ4v) is 3.28. The average molecular weight is 325 g/mol. The van der Waals surface area contributed by atoms with E-state index in [1.807, 2.05) is 18.2 Å². The standard InChI is InChI=1S/C18H19N3O3/c19-17(23)16(11-4-3-5-12(22)10-11)21-18(24)14-8-9-20-15-7-2-1-6-13(14)15/h1-2,6-9,11,16H,3-5,10H2,(H2,19,23)(H,21,24)/t11-,16+/m1/s1. The van der Waals surface area contributed by atoms with Gasteiger partial charge in [-0.15, -0.1) is 0 Å². The number of nitrogens with two attached hydrogens (primary N) is 1. The molecule has 2 aromatic rings. The van der Waals surface area contributed by atoms with E-state index >= 15 is 0 Å². The number of hydrogen-bond acceptors (Lipinski definition) is 4. The number of amides is 2. The van der Waals surface area contributed by atoms with Crippen LogP contribution in [0.2, 0.25) is 0 Å². The van der Waals surface area contributed by atoms with Crippen LogP contribution in [0.4, 0.5) is 0 Å². The highest BCUT2D eigenvalue weighted by molar-refractivity contribution is 6.07. The van der Waals surface area contributed by atoms with Gasteiger partial charge in [0.2, 0.25) is 5.91 Å². The van der Waals surface area contributed by atoms with Crippen molar-refractivity contribution in [1.29, 1.82) is 0 Å². The van der Waals surface area contributed by atoms with E-state index in [1.165, 1.54) is 0 Å². The van der Waals surface area contributed by atoms with Crippen LogP contribution >= 0.6 is 0 Å². The maximum Gasteiger partial charge on any atom is 0.252 e. The van der Waals surface area contributed by atoms with Gasteiger partial charge in [-0.1, -0.05) is 18.2 Å². The average Bonchev–Trinajstić information content (AvgIpc) is 2.58. The lowest BCUT2D eigenvalue weighted by Crippen LogP contribution is -2.50. The number of fused-ring (bicyclic) bond motifs is 1. The maximum absolute atomic E-state index is 12.7. The van der Waals surface area contributed by atoms with E-state index in [0.717, 1.165) is 6.42 Å². The predicted octanol–water partition coefficient (Wildman–Crippen LogP) is 1.58. The van der Waals surface area contributed by atoms with Crippen LogP contribution in [0.25, 0.3) is 10.9 Å². The first-order chi connectivity index (χ1) is 11.6. The largest absolute Gasteiger partial charge is 0.368 e. The summed E-state index contributed by atoms with van der Waals surface area (Å²) in [6.07, 6.45) is 3.80. The third-order valence-electron chi connectivity index (χ3n) is 4.48. The summed E-state index contributed by atoms with van der Waals surface area (Å²) in [5, 5.41) is 3.43. The second kappa shape index (κ2) is 6.78. The number of nitrogens with one attached hydrogen (secondary N) is 1. The number of benzene rings is 1. The van der Waals surface area contributed by atoms with Crippen LogP contribution in [-0.2, 0) is 9.59 Å². The minimum Gasteiger partial charge on any atom is -0.368 e. The first-order valence-corrected chi connectivity index (χ1v) is 8.02. The van der Waals surface area contributed by atoms with Crippen molar-refractivity contribution in [3.63, 3.8) is 0 Å². The Balaban J connectivity index is 1.85. The van der Waals surface area contributed by atoms with Crippen molar-refractivity contribution in [1.82, 2.24) is 10.3 Å². The summed E-state index contributed by atoms with van der Waals surface area (Å²) in [4.78, 5) is 40.4. The molecule has 0 saturated heterocycles. The first kappa shape index (κ1) is 16.1. The van der Waals surface area contributed by atoms with Crippen molar-refractivity contribution < 1.29 is 14.4 Å². The summed E-state index contributed by atoms with van der Waals surface area (Å²) in [5.41, 5.74) is 6.62. The third kappa shape index (κ3) is 3.27. The van der Waals surface area contributed by atoms with Crippen molar-refractivity contribution in [2.45, 2.75) is 31.7 Å². The van der Waals surface area contributed by atoms with Crippen molar-refractivity contribution in [2.24, 2.45) is 11.7 Å². The molecule has 124 valence electrons. The molecule has 24 heavy (non-hydrogen) atoms. The van der Waals surface area contributed by atoms with Crippen LogP contribution in [0, 0.1) is 5.92 Å². The number of pyridine rings is 1. The zero-order valence-electron chi connectivity index (χ0n) is 13.2. The predicted molar refractivity (Wildman–Crippen MR) is 89.2 cm³/mol. The molecule has 1 aliphatic rings. The van der Waals surface area contributed by atoms with Gasteiger partial charge in [0.15, 0.2) is 0 Å². The number of primary amides is 1. The molecular weight excluding hydrogens is 306 g/mol. The van der Waals surface area contributed by atoms with E-state index < -0.39 is 11.9 Å². The Labute approximate surface area is 139 Å². The summed E-state index contributed by atoms with van der Waals surface area (Å²) in [6.45, 7) is 0. The zero-order valence-corrected chi connectivity index (χ0v) is 13.2. The first-order valence-electron chi connectivity index (χ1n) is 8.02. The lowest BCUT2D eigenvalue weighted by Gasteiger charge is -2.28. The molecule has 0 unspecified atom stereocenters. The monoisotopic (exact) mass is 325 g/mol. The molecule has 6 nitrogen and oxygen atoms in total. The Morgan fingerprint density at radius 1 is 1.25 bits per heavy atom. The Hall–Kier alpha value is -2.76. The van der Waals surface area contributed by atoms with E-state index in [9.17, 15) is 14.4 Å². The molecule has 2 amide bonds. The van der Waals surface area contributed by atoms with Gasteiger partial charge in [-0.2, -0.15) is 0 Å². The van der Waals surface area contributed by atoms with Gasteiger partial charge in [0.25, 0.3) is 5.91 Å². The second-order valence-corrected chi connectivity index (χ2v) is 6.12. The number of rotatable bonds is 4. The molecule has 1 heterocycles. The van der Waals surface area contributed by atoms with Gasteiger partial charge >= 0.3 is 0 Å². The number of para-hydroxylation sites is 1. The van der Waals surface area contributed by atoms with E-state index in [4.69, 9.17) is 5.73 Å². The van der Waals surface area contributed by atoms with Gasteiger partial charge < -0.3 is 11.1 Å². The molecule has 0 aliphatic heterocycles. The summed E-state index contributed by atoms with van der Waals surface area (Å²) < 4.78 is 0. The molecule has 0 radical (unpaired) electrons.